The summed E-state index contributed by atoms with van der Waals surface area (Å²) in [6.07, 6.45) is 7.94. The van der Waals surface area contributed by atoms with Crippen molar-refractivity contribution in [3.63, 3.8) is 0 Å². The third-order valence-corrected chi connectivity index (χ3v) is 6.77. The molecule has 1 saturated heterocycles. The van der Waals surface area contributed by atoms with Crippen LogP contribution in [0.4, 0.5) is 16.0 Å². The van der Waals surface area contributed by atoms with Gasteiger partial charge in [-0.25, -0.2) is 14.4 Å². The van der Waals surface area contributed by atoms with Crippen molar-refractivity contribution in [2.45, 2.75) is 64.1 Å². The molecule has 9 heteroatoms. The Balaban J connectivity index is 1.37. The molecule has 5 rings (SSSR count). The van der Waals surface area contributed by atoms with Gasteiger partial charge in [-0.15, -0.1) is 0 Å². The van der Waals surface area contributed by atoms with E-state index >= 15 is 0 Å². The predicted octanol–water partition coefficient (Wildman–Crippen LogP) is 3.81. The van der Waals surface area contributed by atoms with Crippen LogP contribution in [0.5, 0.6) is 5.88 Å². The zero-order valence-electron chi connectivity index (χ0n) is 19.3. The number of aryl methyl sites for hydroxylation is 1. The van der Waals surface area contributed by atoms with Crippen LogP contribution >= 0.6 is 0 Å². The molecule has 1 aliphatic heterocycles. The van der Waals surface area contributed by atoms with E-state index in [-0.39, 0.29) is 29.9 Å². The van der Waals surface area contributed by atoms with E-state index in [9.17, 15) is 4.39 Å². The topological polar surface area (TPSA) is 94.1 Å². The summed E-state index contributed by atoms with van der Waals surface area (Å²) in [4.78, 5) is 11.0. The highest BCUT2D eigenvalue weighted by Crippen LogP contribution is 2.37. The second kappa shape index (κ2) is 9.13. The van der Waals surface area contributed by atoms with Gasteiger partial charge in [0.15, 0.2) is 11.6 Å². The van der Waals surface area contributed by atoms with Crippen molar-refractivity contribution in [3.05, 3.63) is 35.9 Å². The molecule has 0 unspecified atom stereocenters. The summed E-state index contributed by atoms with van der Waals surface area (Å²) in [6, 6.07) is 4.19. The molecule has 4 heterocycles. The minimum Gasteiger partial charge on any atom is -0.472 e. The molecule has 0 amide bonds. The Kier molecular flexibility index (Phi) is 6.05. The van der Waals surface area contributed by atoms with Crippen LogP contribution in [0.3, 0.4) is 0 Å². The summed E-state index contributed by atoms with van der Waals surface area (Å²) in [5.74, 6) is 1.57. The van der Waals surface area contributed by atoms with E-state index in [1.54, 1.807) is 19.2 Å². The van der Waals surface area contributed by atoms with Gasteiger partial charge in [-0.05, 0) is 57.6 Å². The second-order valence-corrected chi connectivity index (χ2v) is 9.18. The van der Waals surface area contributed by atoms with Gasteiger partial charge in [0.05, 0.1) is 16.9 Å². The highest BCUT2D eigenvalue weighted by Gasteiger charge is 2.30. The summed E-state index contributed by atoms with van der Waals surface area (Å²) >= 11 is 0. The molecule has 0 spiro atoms. The molecule has 0 aromatic carbocycles. The summed E-state index contributed by atoms with van der Waals surface area (Å²) in [5.41, 5.74) is 7.81. The van der Waals surface area contributed by atoms with Gasteiger partial charge in [-0.3, -0.25) is 4.68 Å². The summed E-state index contributed by atoms with van der Waals surface area (Å²) < 4.78 is 22.4. The molecule has 0 radical (unpaired) electrons. The molecular weight excluding hydrogens is 421 g/mol. The molecule has 8 nitrogen and oxygen atoms in total. The van der Waals surface area contributed by atoms with Crippen molar-refractivity contribution in [2.75, 3.05) is 29.9 Å². The van der Waals surface area contributed by atoms with Crippen molar-refractivity contribution in [2.24, 2.45) is 5.73 Å². The number of ether oxygens (including phenoxy) is 1. The Morgan fingerprint density at radius 2 is 2.03 bits per heavy atom. The zero-order chi connectivity index (χ0) is 22.9. The first-order valence-electron chi connectivity index (χ1n) is 11.9. The van der Waals surface area contributed by atoms with Gasteiger partial charge in [0.2, 0.25) is 0 Å². The number of nitrogens with one attached hydrogen (secondary N) is 1. The van der Waals surface area contributed by atoms with Crippen LogP contribution in [-0.2, 0) is 0 Å². The van der Waals surface area contributed by atoms with Gasteiger partial charge < -0.3 is 20.7 Å². The third-order valence-electron chi connectivity index (χ3n) is 6.77. The highest BCUT2D eigenvalue weighted by atomic mass is 19.1. The van der Waals surface area contributed by atoms with Crippen LogP contribution in [-0.4, -0.2) is 51.5 Å². The van der Waals surface area contributed by atoms with E-state index in [1.807, 2.05) is 6.20 Å². The van der Waals surface area contributed by atoms with Crippen molar-refractivity contribution >= 4 is 22.5 Å². The van der Waals surface area contributed by atoms with Crippen molar-refractivity contribution in [3.8, 4) is 5.88 Å². The van der Waals surface area contributed by atoms with Gasteiger partial charge in [0.25, 0.3) is 5.88 Å². The van der Waals surface area contributed by atoms with Crippen molar-refractivity contribution in [1.29, 1.82) is 0 Å². The zero-order valence-corrected chi connectivity index (χ0v) is 19.3. The highest BCUT2D eigenvalue weighted by molar-refractivity contribution is 5.91. The number of hydrogen-bond acceptors (Lipinski definition) is 7. The van der Waals surface area contributed by atoms with Crippen LogP contribution in [0.1, 0.15) is 50.6 Å². The van der Waals surface area contributed by atoms with E-state index in [1.165, 1.54) is 0 Å². The third kappa shape index (κ3) is 4.34. The maximum atomic E-state index is 14.3. The number of pyridine rings is 2. The van der Waals surface area contributed by atoms with Crippen LogP contribution < -0.4 is 20.7 Å². The largest absolute Gasteiger partial charge is 0.472 e. The molecule has 3 aromatic rings. The molecule has 3 aromatic heterocycles. The van der Waals surface area contributed by atoms with Crippen LogP contribution in [0, 0.1) is 12.7 Å². The van der Waals surface area contributed by atoms with Gasteiger partial charge in [-0.2, -0.15) is 5.10 Å². The molecule has 2 fully saturated rings. The summed E-state index contributed by atoms with van der Waals surface area (Å²) in [6.45, 7) is 6.33. The lowest BCUT2D eigenvalue weighted by Gasteiger charge is -2.29. The minimum atomic E-state index is -0.366. The molecule has 1 saturated carbocycles. The number of halogens is 1. The molecule has 0 bridgehead atoms. The molecule has 3 N–H and O–H groups in total. The quantitative estimate of drug-likeness (QED) is 0.586. The Bertz CT molecular complexity index is 1130. The molecule has 1 atom stereocenters. The SMILES string of the molecule is CCNc1cc2c(cn1)c(N1CC[C@@H](N)C1)nn2C1CCC(Oc2nccc(C)c2F)CC1. The summed E-state index contributed by atoms with van der Waals surface area (Å²) in [5, 5.41) is 9.45. The smallest absolute Gasteiger partial charge is 0.250 e. The van der Waals surface area contributed by atoms with Crippen LogP contribution in [0.15, 0.2) is 24.5 Å². The number of nitrogens with zero attached hydrogens (tertiary/aromatic N) is 5. The predicted molar refractivity (Wildman–Crippen MR) is 127 cm³/mol. The fraction of sp³-hybridized carbons (Fsp3) is 0.542. The lowest BCUT2D eigenvalue weighted by molar-refractivity contribution is 0.120. The van der Waals surface area contributed by atoms with Crippen molar-refractivity contribution < 1.29 is 9.13 Å². The van der Waals surface area contributed by atoms with Gasteiger partial charge in [-0.1, -0.05) is 0 Å². The number of nitrogens with two attached hydrogens (primary N) is 1. The number of rotatable bonds is 6. The average molecular weight is 454 g/mol. The number of aromatic nitrogens is 4. The van der Waals surface area contributed by atoms with E-state index < -0.39 is 0 Å². The van der Waals surface area contributed by atoms with Gasteiger partial charge >= 0.3 is 0 Å². The first kappa shape index (κ1) is 21.9. The van der Waals surface area contributed by atoms with E-state index in [0.717, 1.165) is 74.3 Å². The Morgan fingerprint density at radius 1 is 1.21 bits per heavy atom. The summed E-state index contributed by atoms with van der Waals surface area (Å²) in [7, 11) is 0. The second-order valence-electron chi connectivity index (χ2n) is 9.18. The first-order valence-corrected chi connectivity index (χ1v) is 11.9. The van der Waals surface area contributed by atoms with E-state index in [4.69, 9.17) is 15.6 Å². The van der Waals surface area contributed by atoms with Gasteiger partial charge in [0, 0.05) is 44.1 Å². The lowest BCUT2D eigenvalue weighted by Crippen LogP contribution is -2.28. The Morgan fingerprint density at radius 3 is 2.76 bits per heavy atom. The molecule has 33 heavy (non-hydrogen) atoms. The fourth-order valence-corrected chi connectivity index (χ4v) is 4.95. The first-order chi connectivity index (χ1) is 16.0. The van der Waals surface area contributed by atoms with Crippen LogP contribution in [0.25, 0.3) is 10.9 Å². The number of fused-ring (bicyclic) bond motifs is 1. The Labute approximate surface area is 193 Å². The average Bonchev–Trinajstić information content (AvgIpc) is 3.41. The van der Waals surface area contributed by atoms with Crippen molar-refractivity contribution in [1.82, 2.24) is 19.7 Å². The molecule has 1 aliphatic carbocycles. The molecular formula is C24H32FN7O. The Hall–Kier alpha value is -2.94. The standard InChI is InChI=1S/C24H32FN7O/c1-3-27-21-12-20-19(13-29-21)23(31-11-9-16(26)14-31)30-32(20)17-4-6-18(7-5-17)33-24-22(25)15(2)8-10-28-24/h8,10,12-13,16-18H,3-7,9,11,14,26H2,1-2H3,(H,27,29)/t16-,17?,18?/m1/s1. The maximum absolute atomic E-state index is 14.3. The number of anilines is 2. The fourth-order valence-electron chi connectivity index (χ4n) is 4.95. The molecule has 176 valence electrons. The minimum absolute atomic E-state index is 0.0399. The lowest BCUT2D eigenvalue weighted by atomic mass is 9.93. The normalized spacial score (nSPS) is 23.3. The van der Waals surface area contributed by atoms with E-state index in [2.05, 4.69) is 37.9 Å². The molecule has 2 aliphatic rings. The monoisotopic (exact) mass is 453 g/mol. The van der Waals surface area contributed by atoms with E-state index in [0.29, 0.717) is 5.56 Å². The van der Waals surface area contributed by atoms with Gasteiger partial charge in [0.1, 0.15) is 11.9 Å². The maximum Gasteiger partial charge on any atom is 0.250 e. The number of hydrogen-bond donors (Lipinski definition) is 2. The van der Waals surface area contributed by atoms with Crippen LogP contribution in [0.2, 0.25) is 0 Å².